The van der Waals surface area contributed by atoms with Gasteiger partial charge in [0, 0.05) is 10.8 Å². The largest absolute Gasteiger partial charge is 0.456 e. The number of fused-ring (bicyclic) bond motifs is 9. The second-order valence-electron chi connectivity index (χ2n) is 11.3. The van der Waals surface area contributed by atoms with E-state index >= 15 is 0 Å². The van der Waals surface area contributed by atoms with Crippen LogP contribution in [0.5, 0.6) is 0 Å². The van der Waals surface area contributed by atoms with E-state index < -0.39 is 290 Å². The van der Waals surface area contributed by atoms with Crippen molar-refractivity contribution in [3.05, 3.63) is 181 Å². The predicted molar refractivity (Wildman–Crippen MR) is 218 cm³/mol. The zero-order valence-electron chi connectivity index (χ0n) is 55.4. The third-order valence-electron chi connectivity index (χ3n) is 8.57. The van der Waals surface area contributed by atoms with Gasteiger partial charge in [-0.3, -0.25) is 0 Å². The van der Waals surface area contributed by atoms with Crippen molar-refractivity contribution in [2.75, 3.05) is 0 Å². The van der Waals surface area contributed by atoms with Crippen LogP contribution in [0.4, 0.5) is 0 Å². The van der Waals surface area contributed by atoms with E-state index in [0.29, 0.717) is 0 Å². The monoisotopic (exact) mass is 676 g/mol. The molecule has 1 nitrogen and oxygen atoms in total. The van der Waals surface area contributed by atoms with Gasteiger partial charge in [0.2, 0.25) is 0 Å². The predicted octanol–water partition coefficient (Wildman–Crippen LogP) is 14.4. The Morgan fingerprint density at radius 3 is 1.53 bits per heavy atom. The van der Waals surface area contributed by atoms with Crippen LogP contribution in [-0.2, 0) is 0 Å². The fourth-order valence-electron chi connectivity index (χ4n) is 6.45. The van der Waals surface area contributed by atoms with Gasteiger partial charge in [0.05, 0.1) is 41.1 Å². The van der Waals surface area contributed by atoms with Gasteiger partial charge in [-0.15, -0.1) is 0 Å². The quantitative estimate of drug-likeness (QED) is 0.134. The molecule has 1 aromatic heterocycles. The summed E-state index contributed by atoms with van der Waals surface area (Å²) in [6.45, 7) is 0. The molecule has 1 heteroatoms. The molecule has 0 aliphatic heterocycles. The van der Waals surface area contributed by atoms with Gasteiger partial charge in [0.15, 0.2) is 0 Å². The highest BCUT2D eigenvalue weighted by atomic mass is 16.3. The molecule has 0 spiro atoms. The first kappa shape index (κ1) is 11.7. The Kier molecular flexibility index (Phi) is 2.50. The zero-order valence-corrected chi connectivity index (χ0v) is 25.4. The molecule has 236 valence electrons. The first-order valence-corrected chi connectivity index (χ1v) is 15.2. The lowest BCUT2D eigenvalue weighted by Crippen LogP contribution is -1.92. The number of hydrogen-bond acceptors (Lipinski definition) is 1. The van der Waals surface area contributed by atoms with Crippen LogP contribution in [0.15, 0.2) is 186 Å². The number of furan rings is 1. The van der Waals surface area contributed by atoms with E-state index in [4.69, 9.17) is 29.1 Å². The fourth-order valence-corrected chi connectivity index (χ4v) is 6.45. The van der Waals surface area contributed by atoms with E-state index in [0.717, 1.165) is 0 Å². The maximum absolute atomic E-state index is 9.84. The summed E-state index contributed by atoms with van der Waals surface area (Å²) in [5.74, 6) is 0. The molecule has 0 fully saturated rings. The molecule has 0 atom stereocenters. The maximum atomic E-state index is 9.84. The van der Waals surface area contributed by atoms with E-state index in [2.05, 4.69) is 0 Å². The van der Waals surface area contributed by atoms with Crippen LogP contribution in [0.25, 0.3) is 109 Å². The van der Waals surface area contributed by atoms with E-state index in [1.54, 1.807) is 0 Å². The molecule has 0 radical (unpaired) electrons. The minimum absolute atomic E-state index is 0.470. The van der Waals surface area contributed by atoms with Gasteiger partial charge < -0.3 is 4.42 Å². The lowest BCUT2D eigenvalue weighted by atomic mass is 9.83. The van der Waals surface area contributed by atoms with Crippen LogP contribution in [0.1, 0.15) is 41.1 Å². The standard InChI is InChI=1S/C50H30O/c1-2-13-34-30-47-45(28-33(34)12-1)50-37(22-11-23-46(50)51-47)31-24-26-32(27-25-31)48-40-18-7-9-20-42(40)49(43-21-10-8-19-41(43)48)44-29-35-14-3-4-15-36(35)38-16-5-6-17-39(38)44/h1-30H/i1D,2D,3D,4D,5D,6D,7D,8D,9D,10D,11D,12D,13D,14D,15D,16D,17D,18D,19D,20D,21D,22D,23D,24D,25D,26D,27D,28D,29D,30D. The molecule has 51 heavy (non-hydrogen) atoms. The molecule has 10 aromatic carbocycles. The third-order valence-corrected chi connectivity index (χ3v) is 8.57. The molecule has 0 amide bonds. The summed E-state index contributed by atoms with van der Waals surface area (Å²) in [6.07, 6.45) is 0. The normalized spacial score (nSPS) is 20.2. The van der Waals surface area contributed by atoms with Gasteiger partial charge in [-0.25, -0.2) is 0 Å². The molecular formula is C50H30O. The maximum Gasteiger partial charge on any atom is 0.136 e. The van der Waals surface area contributed by atoms with Gasteiger partial charge in [-0.05, 0) is 111 Å². The van der Waals surface area contributed by atoms with Crippen molar-refractivity contribution in [2.45, 2.75) is 0 Å². The second kappa shape index (κ2) is 10.9. The van der Waals surface area contributed by atoms with Crippen molar-refractivity contribution < 1.29 is 45.5 Å². The molecule has 1 heterocycles. The van der Waals surface area contributed by atoms with Gasteiger partial charge in [0.25, 0.3) is 0 Å². The molecule has 11 rings (SSSR count). The van der Waals surface area contributed by atoms with Crippen LogP contribution in [0, 0.1) is 0 Å². The van der Waals surface area contributed by atoms with Crippen molar-refractivity contribution in [3.63, 3.8) is 0 Å². The Morgan fingerprint density at radius 2 is 0.843 bits per heavy atom. The van der Waals surface area contributed by atoms with Crippen LogP contribution in [0.3, 0.4) is 0 Å². The van der Waals surface area contributed by atoms with Gasteiger partial charge >= 0.3 is 0 Å². The van der Waals surface area contributed by atoms with Crippen molar-refractivity contribution in [1.29, 1.82) is 0 Å². The van der Waals surface area contributed by atoms with Crippen LogP contribution in [-0.4, -0.2) is 0 Å². The van der Waals surface area contributed by atoms with Crippen LogP contribution < -0.4 is 0 Å². The summed E-state index contributed by atoms with van der Waals surface area (Å²) in [6, 6.07) is -28.3. The van der Waals surface area contributed by atoms with Crippen LogP contribution >= 0.6 is 0 Å². The Morgan fingerprint density at radius 1 is 0.314 bits per heavy atom. The smallest absolute Gasteiger partial charge is 0.136 e. The van der Waals surface area contributed by atoms with Crippen molar-refractivity contribution in [2.24, 2.45) is 0 Å². The van der Waals surface area contributed by atoms with E-state index in [-0.39, 0.29) is 0 Å². The highest BCUT2D eigenvalue weighted by Crippen LogP contribution is 2.47. The topological polar surface area (TPSA) is 13.1 Å². The average molecular weight is 677 g/mol. The minimum Gasteiger partial charge on any atom is -0.456 e. The summed E-state index contributed by atoms with van der Waals surface area (Å²) >= 11 is 0. The van der Waals surface area contributed by atoms with Crippen molar-refractivity contribution in [3.8, 4) is 33.4 Å². The molecule has 11 aromatic rings. The minimum atomic E-state index is -1.14. The Hall–Kier alpha value is -6.70. The van der Waals surface area contributed by atoms with Crippen molar-refractivity contribution >= 4 is 75.8 Å². The fraction of sp³-hybridized carbons (Fsp3) is 0. The first-order chi connectivity index (χ1) is 37.8. The van der Waals surface area contributed by atoms with Crippen LogP contribution in [0.2, 0.25) is 0 Å². The summed E-state index contributed by atoms with van der Waals surface area (Å²) in [4.78, 5) is 0. The third kappa shape index (κ3) is 4.22. The lowest BCUT2D eigenvalue weighted by Gasteiger charge is -2.19. The second-order valence-corrected chi connectivity index (χ2v) is 11.3. The summed E-state index contributed by atoms with van der Waals surface area (Å²) < 4.78 is 279. The molecule has 0 aliphatic rings. The van der Waals surface area contributed by atoms with Gasteiger partial charge in [0.1, 0.15) is 11.2 Å². The molecular weight excluding hydrogens is 617 g/mol. The zero-order chi connectivity index (χ0) is 59.6. The molecule has 0 saturated heterocycles. The Bertz CT molecular complexity index is 4820. The van der Waals surface area contributed by atoms with E-state index in [1.165, 1.54) is 0 Å². The highest BCUT2D eigenvalue weighted by Gasteiger charge is 2.19. The van der Waals surface area contributed by atoms with Gasteiger partial charge in [-0.1, -0.05) is 157 Å². The van der Waals surface area contributed by atoms with Crippen molar-refractivity contribution in [1.82, 2.24) is 0 Å². The van der Waals surface area contributed by atoms with E-state index in [9.17, 15) is 16.4 Å². The molecule has 0 bridgehead atoms. The molecule has 0 N–H and O–H groups in total. The summed E-state index contributed by atoms with van der Waals surface area (Å²) in [5.41, 5.74) is -6.01. The molecule has 0 saturated carbocycles. The molecule has 0 unspecified atom stereocenters. The lowest BCUT2D eigenvalue weighted by molar-refractivity contribution is 0.669. The Labute approximate surface area is 336 Å². The SMILES string of the molecule is [2H]c1c([2H])c(-c2c([2H])c([2H])c([2H])c3oc4c([2H])c5c([2H])c([2H])c([2H])c([2H])c5c([2H])c4c23)c([2H])c([2H])c1-c1c2c([2H])c([2H])c([2H])c([2H])c2c(-c2c([2H])c3c([2H])c([2H])c([2H])c([2H])c3c3c([2H])c([2H])c([2H])c([2H])c23)c2c([2H])c([2H])c([2H])c([2H])c12. The van der Waals surface area contributed by atoms with Gasteiger partial charge in [-0.2, -0.15) is 0 Å². The highest BCUT2D eigenvalue weighted by molar-refractivity contribution is 6.26. The Balaban J connectivity index is 1.39. The number of benzene rings is 10. The molecule has 0 aliphatic carbocycles. The number of hydrogen-bond donors (Lipinski definition) is 0. The number of rotatable bonds is 3. The van der Waals surface area contributed by atoms with E-state index in [1.807, 2.05) is 0 Å². The summed E-state index contributed by atoms with van der Waals surface area (Å²) in [5, 5.41) is -7.72. The first-order valence-electron chi connectivity index (χ1n) is 30.2. The average Bonchev–Trinajstić information content (AvgIpc) is 2.15. The summed E-state index contributed by atoms with van der Waals surface area (Å²) in [7, 11) is 0.